The summed E-state index contributed by atoms with van der Waals surface area (Å²) < 4.78 is 1.81. The van der Waals surface area contributed by atoms with Gasteiger partial charge in [0.25, 0.3) is 0 Å². The standard InChI is InChI=1S/C60H66Ge/c1-37-21-15-22-38(2)54(37)48-29-19-30-49(55-39(3)23-16-24-40(55)4)52(48)35-45-33-47(59(9,10)11)34-46(58(45)61-60(12,13)14)36-53-50(56-41(5)25-17-26-42(56)6)31-20-32-51(53)57-43(7)27-18-28-44(57)8/h15-34H,35-36H2,1-14H3. The van der Waals surface area contributed by atoms with Crippen LogP contribution in [-0.4, -0.2) is 15.4 Å². The van der Waals surface area contributed by atoms with Crippen molar-refractivity contribution in [1.82, 2.24) is 0 Å². The van der Waals surface area contributed by atoms with E-state index in [1.807, 2.05) is 0 Å². The van der Waals surface area contributed by atoms with Gasteiger partial charge < -0.3 is 0 Å². The molecule has 2 radical (unpaired) electrons. The fourth-order valence-corrected chi connectivity index (χ4v) is 12.8. The molecule has 0 saturated carbocycles. The van der Waals surface area contributed by atoms with Gasteiger partial charge in [-0.2, -0.15) is 0 Å². The molecule has 7 aromatic rings. The van der Waals surface area contributed by atoms with Crippen LogP contribution in [0.4, 0.5) is 0 Å². The normalized spacial score (nSPS) is 12.0. The van der Waals surface area contributed by atoms with Crippen LogP contribution in [0.15, 0.2) is 121 Å². The summed E-state index contributed by atoms with van der Waals surface area (Å²) >= 11 is -0.609. The van der Waals surface area contributed by atoms with E-state index in [2.05, 4.69) is 218 Å². The molecule has 61 heavy (non-hydrogen) atoms. The molecule has 0 fully saturated rings. The molecule has 0 bridgehead atoms. The molecule has 0 amide bonds. The maximum absolute atomic E-state index is 2.62. The van der Waals surface area contributed by atoms with E-state index in [-0.39, 0.29) is 9.66 Å². The van der Waals surface area contributed by atoms with Crippen LogP contribution in [-0.2, 0) is 18.3 Å². The molecule has 0 aliphatic heterocycles. The second-order valence-corrected chi connectivity index (χ2v) is 24.6. The Labute approximate surface area is 375 Å². The summed E-state index contributed by atoms with van der Waals surface area (Å²) in [5.74, 6) is 0. The first-order chi connectivity index (χ1) is 28.8. The zero-order valence-corrected chi connectivity index (χ0v) is 41.6. The second-order valence-electron chi connectivity index (χ2n) is 19.9. The third kappa shape index (κ3) is 9.17. The molecule has 0 spiro atoms. The zero-order valence-electron chi connectivity index (χ0n) is 39.5. The van der Waals surface area contributed by atoms with Crippen molar-refractivity contribution in [2.75, 3.05) is 0 Å². The van der Waals surface area contributed by atoms with E-state index in [1.165, 1.54) is 117 Å². The monoisotopic (exact) mass is 860 g/mol. The minimum atomic E-state index is -0.609. The molecule has 0 atom stereocenters. The number of hydrogen-bond acceptors (Lipinski definition) is 0. The van der Waals surface area contributed by atoms with Crippen LogP contribution < -0.4 is 4.40 Å². The van der Waals surface area contributed by atoms with E-state index in [9.17, 15) is 0 Å². The molecular formula is C60H66Ge. The molecular weight excluding hydrogens is 793 g/mol. The van der Waals surface area contributed by atoms with Crippen LogP contribution >= 0.6 is 0 Å². The third-order valence-corrected chi connectivity index (χ3v) is 16.2. The zero-order chi connectivity index (χ0) is 44.0. The summed E-state index contributed by atoms with van der Waals surface area (Å²) in [6.45, 7) is 32.9. The molecule has 0 saturated heterocycles. The van der Waals surface area contributed by atoms with Crippen molar-refractivity contribution in [3.63, 3.8) is 0 Å². The van der Waals surface area contributed by atoms with Gasteiger partial charge in [-0.05, 0) is 0 Å². The van der Waals surface area contributed by atoms with Gasteiger partial charge in [-0.1, -0.05) is 0 Å². The van der Waals surface area contributed by atoms with Crippen LogP contribution in [0.25, 0.3) is 44.5 Å². The fraction of sp³-hybridized carbons (Fsp3) is 0.300. The summed E-state index contributed by atoms with van der Waals surface area (Å²) in [6, 6.07) is 46.5. The SMILES string of the molecule is Cc1cccc(C)c1-c1cccc(-c2c(C)cccc2C)c1Cc1cc(C(C)(C)C)cc(Cc2c(-c3c(C)cccc3C)cccc2-c2c(C)cccc2C)[c]1[Ge][C](C)(C)C. The Kier molecular flexibility index (Phi) is 12.6. The number of rotatable bonds is 9. The molecule has 0 N–H and O–H groups in total. The van der Waals surface area contributed by atoms with E-state index in [1.54, 1.807) is 4.40 Å². The maximum atomic E-state index is 2.62. The van der Waals surface area contributed by atoms with Crippen LogP contribution in [0.2, 0.25) is 4.25 Å². The first-order valence-electron chi connectivity index (χ1n) is 22.3. The van der Waals surface area contributed by atoms with E-state index < -0.39 is 15.4 Å². The summed E-state index contributed by atoms with van der Waals surface area (Å²) in [6.07, 6.45) is 1.75. The average Bonchev–Trinajstić information content (AvgIpc) is 3.16. The molecule has 0 heterocycles. The van der Waals surface area contributed by atoms with Gasteiger partial charge in [-0.25, -0.2) is 0 Å². The van der Waals surface area contributed by atoms with E-state index >= 15 is 0 Å². The van der Waals surface area contributed by atoms with Crippen LogP contribution in [0.1, 0.15) is 114 Å². The van der Waals surface area contributed by atoms with Crippen molar-refractivity contribution >= 4 is 19.8 Å². The van der Waals surface area contributed by atoms with Gasteiger partial charge in [-0.3, -0.25) is 0 Å². The molecule has 7 rings (SSSR count). The van der Waals surface area contributed by atoms with Crippen molar-refractivity contribution in [2.24, 2.45) is 0 Å². The van der Waals surface area contributed by atoms with Gasteiger partial charge in [0, 0.05) is 0 Å². The van der Waals surface area contributed by atoms with Crippen molar-refractivity contribution in [3.8, 4) is 44.5 Å². The molecule has 0 aliphatic carbocycles. The first kappa shape index (κ1) is 44.1. The molecule has 0 nitrogen and oxygen atoms in total. The fourth-order valence-electron chi connectivity index (χ4n) is 9.84. The Hall–Kier alpha value is -4.92. The summed E-state index contributed by atoms with van der Waals surface area (Å²) in [5, 5.41) is 0. The Morgan fingerprint density at radius 1 is 0.361 bits per heavy atom. The Balaban J connectivity index is 1.57. The van der Waals surface area contributed by atoms with E-state index in [0.717, 1.165) is 12.8 Å². The number of benzene rings is 7. The molecule has 0 aliphatic rings. The molecule has 0 aromatic heterocycles. The summed E-state index contributed by atoms with van der Waals surface area (Å²) in [5.41, 5.74) is 28.8. The average molecular weight is 860 g/mol. The second kappa shape index (κ2) is 17.5. The van der Waals surface area contributed by atoms with Crippen molar-refractivity contribution < 1.29 is 0 Å². The first-order valence-corrected chi connectivity index (χ1v) is 24.4. The van der Waals surface area contributed by atoms with Gasteiger partial charge in [0.1, 0.15) is 0 Å². The number of hydrogen-bond donors (Lipinski definition) is 0. The van der Waals surface area contributed by atoms with E-state index in [4.69, 9.17) is 0 Å². The van der Waals surface area contributed by atoms with Crippen LogP contribution in [0, 0.1) is 55.4 Å². The van der Waals surface area contributed by atoms with Crippen molar-refractivity contribution in [2.45, 2.75) is 119 Å². The Morgan fingerprint density at radius 3 is 0.836 bits per heavy atom. The Morgan fingerprint density at radius 2 is 0.607 bits per heavy atom. The Bertz CT molecular complexity index is 2370. The van der Waals surface area contributed by atoms with E-state index in [0.29, 0.717) is 0 Å². The minimum absolute atomic E-state index is 0.0348. The quantitative estimate of drug-likeness (QED) is 0.127. The third-order valence-electron chi connectivity index (χ3n) is 12.8. The van der Waals surface area contributed by atoms with Crippen LogP contribution in [0.5, 0.6) is 0 Å². The predicted molar refractivity (Wildman–Crippen MR) is 268 cm³/mol. The molecule has 310 valence electrons. The molecule has 7 aromatic carbocycles. The van der Waals surface area contributed by atoms with Gasteiger partial charge >= 0.3 is 377 Å². The van der Waals surface area contributed by atoms with Crippen LogP contribution in [0.3, 0.4) is 0 Å². The van der Waals surface area contributed by atoms with Crippen molar-refractivity contribution in [1.29, 1.82) is 0 Å². The summed E-state index contributed by atoms with van der Waals surface area (Å²) in [4.78, 5) is 0. The topological polar surface area (TPSA) is 0 Å². The van der Waals surface area contributed by atoms with Gasteiger partial charge in [0.15, 0.2) is 0 Å². The number of aryl methyl sites for hydroxylation is 8. The predicted octanol–water partition coefficient (Wildman–Crippen LogP) is 15.8. The van der Waals surface area contributed by atoms with Gasteiger partial charge in [0.05, 0.1) is 0 Å². The van der Waals surface area contributed by atoms with Gasteiger partial charge in [-0.15, -0.1) is 0 Å². The van der Waals surface area contributed by atoms with Crippen molar-refractivity contribution in [3.05, 3.63) is 194 Å². The van der Waals surface area contributed by atoms with Gasteiger partial charge in [0.2, 0.25) is 0 Å². The molecule has 0 unspecified atom stereocenters. The molecule has 1 heteroatoms. The summed E-state index contributed by atoms with van der Waals surface area (Å²) in [7, 11) is 0.